The van der Waals surface area contributed by atoms with Crippen molar-refractivity contribution in [1.82, 2.24) is 5.32 Å². The molecular formula is C11H16NO5P. The number of amides is 1. The molecule has 0 saturated heterocycles. The van der Waals surface area contributed by atoms with Crippen molar-refractivity contribution < 1.29 is 23.9 Å². The van der Waals surface area contributed by atoms with Crippen molar-refractivity contribution in [2.24, 2.45) is 0 Å². The summed E-state index contributed by atoms with van der Waals surface area (Å²) in [6, 6.07) is 8.78. The molecular weight excluding hydrogens is 257 g/mol. The van der Waals surface area contributed by atoms with E-state index < -0.39 is 19.5 Å². The van der Waals surface area contributed by atoms with Crippen molar-refractivity contribution in [2.75, 3.05) is 6.61 Å². The topological polar surface area (TPSA) is 95.9 Å². The highest BCUT2D eigenvalue weighted by Crippen LogP contribution is 2.41. The average molecular weight is 273 g/mol. The fraction of sp³-hybridized carbons (Fsp3) is 0.364. The average Bonchev–Trinajstić information content (AvgIpc) is 2.28. The highest BCUT2D eigenvalue weighted by atomic mass is 31.2. The molecule has 0 saturated carbocycles. The Morgan fingerprint density at radius 1 is 1.39 bits per heavy atom. The molecule has 6 nitrogen and oxygen atoms in total. The number of carbonyl (C=O) groups is 1. The van der Waals surface area contributed by atoms with Crippen molar-refractivity contribution in [3.05, 3.63) is 35.9 Å². The van der Waals surface area contributed by atoms with Crippen LogP contribution in [0, 0.1) is 0 Å². The van der Waals surface area contributed by atoms with Gasteiger partial charge in [0.15, 0.2) is 0 Å². The monoisotopic (exact) mass is 273 g/mol. The lowest BCUT2D eigenvalue weighted by molar-refractivity contribution is 0.149. The largest absolute Gasteiger partial charge is 0.450 e. The molecule has 18 heavy (non-hydrogen) atoms. The molecule has 1 atom stereocenters. The van der Waals surface area contributed by atoms with Crippen molar-refractivity contribution in [2.45, 2.75) is 19.1 Å². The molecule has 1 aromatic rings. The fourth-order valence-electron chi connectivity index (χ4n) is 1.40. The molecule has 0 aliphatic heterocycles. The maximum Gasteiger partial charge on any atom is 0.407 e. The van der Waals surface area contributed by atoms with Crippen LogP contribution in [0.25, 0.3) is 0 Å². The van der Waals surface area contributed by atoms with E-state index in [1.165, 1.54) is 0 Å². The summed E-state index contributed by atoms with van der Waals surface area (Å²) in [5.41, 5.74) is 0.725. The lowest BCUT2D eigenvalue weighted by Crippen LogP contribution is -2.36. The third kappa shape index (κ3) is 4.87. The number of rotatable bonds is 5. The zero-order valence-electron chi connectivity index (χ0n) is 9.94. The molecule has 1 amide bonds. The van der Waals surface area contributed by atoms with Gasteiger partial charge in [-0.2, -0.15) is 0 Å². The summed E-state index contributed by atoms with van der Waals surface area (Å²) in [6.45, 7) is 1.76. The van der Waals surface area contributed by atoms with Gasteiger partial charge in [0.05, 0.1) is 6.61 Å². The van der Waals surface area contributed by atoms with E-state index in [0.717, 1.165) is 5.56 Å². The van der Waals surface area contributed by atoms with Crippen LogP contribution in [-0.4, -0.2) is 28.3 Å². The minimum atomic E-state index is -4.43. The number of ether oxygens (including phenoxy) is 1. The van der Waals surface area contributed by atoms with Gasteiger partial charge in [-0.25, -0.2) is 4.79 Å². The van der Waals surface area contributed by atoms with E-state index in [1.54, 1.807) is 37.3 Å². The minimum Gasteiger partial charge on any atom is -0.450 e. The van der Waals surface area contributed by atoms with E-state index in [-0.39, 0.29) is 13.0 Å². The van der Waals surface area contributed by atoms with E-state index >= 15 is 0 Å². The van der Waals surface area contributed by atoms with Gasteiger partial charge < -0.3 is 19.8 Å². The maximum atomic E-state index is 11.3. The second-order valence-corrected chi connectivity index (χ2v) is 5.46. The highest BCUT2D eigenvalue weighted by molar-refractivity contribution is 7.52. The normalized spacial score (nSPS) is 12.8. The Morgan fingerprint density at radius 3 is 2.50 bits per heavy atom. The Labute approximate surface area is 105 Å². The van der Waals surface area contributed by atoms with Crippen molar-refractivity contribution in [3.63, 3.8) is 0 Å². The second kappa shape index (κ2) is 6.54. The molecule has 100 valence electrons. The molecule has 0 aliphatic rings. The summed E-state index contributed by atoms with van der Waals surface area (Å²) in [5.74, 6) is -1.28. The van der Waals surface area contributed by atoms with Gasteiger partial charge in [0.1, 0.15) is 5.78 Å². The first-order valence-corrected chi connectivity index (χ1v) is 7.14. The highest BCUT2D eigenvalue weighted by Gasteiger charge is 2.30. The van der Waals surface area contributed by atoms with Gasteiger partial charge in [-0.05, 0) is 12.5 Å². The van der Waals surface area contributed by atoms with Gasteiger partial charge in [0.2, 0.25) is 0 Å². The van der Waals surface area contributed by atoms with Gasteiger partial charge >= 0.3 is 13.7 Å². The van der Waals surface area contributed by atoms with Gasteiger partial charge in [-0.1, -0.05) is 30.3 Å². The number of alkyl carbamates (subject to hydrolysis) is 1. The van der Waals surface area contributed by atoms with Crippen LogP contribution in [0.15, 0.2) is 30.3 Å². The number of nitrogens with one attached hydrogen (secondary N) is 1. The van der Waals surface area contributed by atoms with E-state index in [9.17, 15) is 19.1 Å². The van der Waals surface area contributed by atoms with E-state index in [4.69, 9.17) is 0 Å². The molecule has 0 aromatic heterocycles. The van der Waals surface area contributed by atoms with Crippen LogP contribution in [0.3, 0.4) is 0 Å². The Hall–Kier alpha value is -1.36. The summed E-state index contributed by atoms with van der Waals surface area (Å²) in [5, 5.41) is 2.18. The minimum absolute atomic E-state index is 0.0456. The Bertz CT molecular complexity index is 430. The summed E-state index contributed by atoms with van der Waals surface area (Å²) in [4.78, 5) is 29.6. The van der Waals surface area contributed by atoms with Gasteiger partial charge in [0, 0.05) is 6.42 Å². The summed E-state index contributed by atoms with van der Waals surface area (Å²) < 4.78 is 15.9. The van der Waals surface area contributed by atoms with Gasteiger partial charge in [0.25, 0.3) is 0 Å². The predicted octanol–water partition coefficient (Wildman–Crippen LogP) is 1.48. The third-order valence-corrected chi connectivity index (χ3v) is 3.36. The lowest BCUT2D eigenvalue weighted by Gasteiger charge is -2.19. The summed E-state index contributed by atoms with van der Waals surface area (Å²) in [6.07, 6.45) is -0.786. The van der Waals surface area contributed by atoms with Gasteiger partial charge in [-0.3, -0.25) is 4.57 Å². The van der Waals surface area contributed by atoms with Crippen LogP contribution in [0.1, 0.15) is 12.5 Å². The molecule has 1 rings (SSSR count). The smallest absolute Gasteiger partial charge is 0.407 e. The number of hydrogen-bond acceptors (Lipinski definition) is 3. The first-order chi connectivity index (χ1) is 8.43. The standard InChI is InChI=1S/C11H16NO5P/c1-2-17-11(13)12-10(18(14,15)16)8-9-6-4-3-5-7-9/h3-7,10H,2,8H2,1H3,(H,12,13)(H2,14,15,16)/t10-/m1/s1. The third-order valence-electron chi connectivity index (χ3n) is 2.24. The quantitative estimate of drug-likeness (QED) is 0.706. The number of hydrogen-bond donors (Lipinski definition) is 3. The first-order valence-electron chi connectivity index (χ1n) is 5.46. The molecule has 3 N–H and O–H groups in total. The molecule has 0 heterocycles. The Morgan fingerprint density at radius 2 is 2.00 bits per heavy atom. The van der Waals surface area contributed by atoms with Crippen LogP contribution in [-0.2, 0) is 15.7 Å². The Kier molecular flexibility index (Phi) is 5.34. The van der Waals surface area contributed by atoms with Crippen LogP contribution in [0.5, 0.6) is 0 Å². The van der Waals surface area contributed by atoms with Crippen LogP contribution < -0.4 is 5.32 Å². The summed E-state index contributed by atoms with van der Waals surface area (Å²) in [7, 11) is -4.43. The van der Waals surface area contributed by atoms with E-state index in [2.05, 4.69) is 10.1 Å². The molecule has 0 aliphatic carbocycles. The maximum absolute atomic E-state index is 11.3. The van der Waals surface area contributed by atoms with Gasteiger partial charge in [-0.15, -0.1) is 0 Å². The second-order valence-electron chi connectivity index (χ2n) is 3.66. The molecule has 0 bridgehead atoms. The fourth-order valence-corrected chi connectivity index (χ4v) is 2.12. The molecule has 7 heteroatoms. The van der Waals surface area contributed by atoms with E-state index in [1.807, 2.05) is 0 Å². The zero-order chi connectivity index (χ0) is 13.6. The van der Waals surface area contributed by atoms with Crippen molar-refractivity contribution in [1.29, 1.82) is 0 Å². The first kappa shape index (κ1) is 14.7. The molecule has 0 spiro atoms. The molecule has 0 radical (unpaired) electrons. The molecule has 0 fully saturated rings. The van der Waals surface area contributed by atoms with Crippen LogP contribution in [0.4, 0.5) is 4.79 Å². The summed E-state index contributed by atoms with van der Waals surface area (Å²) >= 11 is 0. The predicted molar refractivity (Wildman–Crippen MR) is 66.1 cm³/mol. The molecule has 1 aromatic carbocycles. The zero-order valence-corrected chi connectivity index (χ0v) is 10.8. The number of carbonyl (C=O) groups excluding carboxylic acids is 1. The van der Waals surface area contributed by atoms with Crippen LogP contribution in [0.2, 0.25) is 0 Å². The van der Waals surface area contributed by atoms with Crippen LogP contribution >= 0.6 is 7.60 Å². The SMILES string of the molecule is CCOC(=O)N[C@@H](Cc1ccccc1)P(=O)(O)O. The van der Waals surface area contributed by atoms with Crippen molar-refractivity contribution >= 4 is 13.7 Å². The van der Waals surface area contributed by atoms with E-state index in [0.29, 0.717) is 0 Å². The lowest BCUT2D eigenvalue weighted by atomic mass is 10.1. The molecule has 0 unspecified atom stereocenters. The van der Waals surface area contributed by atoms with Crippen molar-refractivity contribution in [3.8, 4) is 0 Å². The number of benzene rings is 1. The Balaban J connectivity index is 2.74.